The molecule has 0 unspecified atom stereocenters. The zero-order chi connectivity index (χ0) is 24.6. The highest BCUT2D eigenvalue weighted by molar-refractivity contribution is 6.14. The summed E-state index contributed by atoms with van der Waals surface area (Å²) in [5.74, 6) is -9.73. The second-order valence-electron chi connectivity index (χ2n) is 7.04. The minimum atomic E-state index is -2.25. The van der Waals surface area contributed by atoms with Gasteiger partial charge in [0.25, 0.3) is 0 Å². The van der Waals surface area contributed by atoms with E-state index in [4.69, 9.17) is 18.9 Å². The lowest BCUT2D eigenvalue weighted by atomic mass is 10.1. The van der Waals surface area contributed by atoms with E-state index in [9.17, 15) is 26.7 Å². The zero-order valence-corrected chi connectivity index (χ0v) is 17.7. The van der Waals surface area contributed by atoms with Gasteiger partial charge in [0.05, 0.1) is 25.3 Å². The van der Waals surface area contributed by atoms with Gasteiger partial charge in [-0.25, -0.2) is 22.0 Å². The highest BCUT2D eigenvalue weighted by Crippen LogP contribution is 2.36. The molecule has 0 amide bonds. The van der Waals surface area contributed by atoms with Crippen LogP contribution >= 0.6 is 0 Å². The largest absolute Gasteiger partial charge is 0.497 e. The van der Waals surface area contributed by atoms with Gasteiger partial charge in [-0.2, -0.15) is 0 Å². The average Bonchev–Trinajstić information content (AvgIpc) is 3.16. The van der Waals surface area contributed by atoms with E-state index in [1.165, 1.54) is 38.5 Å². The average molecular weight is 478 g/mol. The fourth-order valence-corrected chi connectivity index (χ4v) is 3.27. The van der Waals surface area contributed by atoms with E-state index in [0.29, 0.717) is 17.1 Å². The van der Waals surface area contributed by atoms with Crippen LogP contribution in [0, 0.1) is 29.1 Å². The summed E-state index contributed by atoms with van der Waals surface area (Å²) in [5.41, 5.74) is -0.384. The molecule has 0 saturated heterocycles. The van der Waals surface area contributed by atoms with Gasteiger partial charge < -0.3 is 18.9 Å². The number of halogens is 5. The minimum absolute atomic E-state index is 0.0150. The van der Waals surface area contributed by atoms with E-state index < -0.39 is 47.0 Å². The van der Waals surface area contributed by atoms with Crippen molar-refractivity contribution in [2.24, 2.45) is 0 Å². The summed E-state index contributed by atoms with van der Waals surface area (Å²) in [6.45, 7) is -0.940. The van der Waals surface area contributed by atoms with Crippen LogP contribution in [-0.4, -0.2) is 20.0 Å². The number of carbonyl (C=O) groups is 1. The predicted molar refractivity (Wildman–Crippen MR) is 109 cm³/mol. The van der Waals surface area contributed by atoms with Gasteiger partial charge in [0.2, 0.25) is 11.6 Å². The Morgan fingerprint density at radius 1 is 0.824 bits per heavy atom. The summed E-state index contributed by atoms with van der Waals surface area (Å²) in [5, 5.41) is 0. The Morgan fingerprint density at radius 2 is 1.47 bits per heavy atom. The molecule has 0 aliphatic carbocycles. The highest BCUT2D eigenvalue weighted by atomic mass is 19.2. The van der Waals surface area contributed by atoms with Crippen molar-refractivity contribution in [1.29, 1.82) is 0 Å². The summed E-state index contributed by atoms with van der Waals surface area (Å²) in [4.78, 5) is 12.7. The van der Waals surface area contributed by atoms with E-state index in [1.54, 1.807) is 18.2 Å². The maximum absolute atomic E-state index is 13.8. The van der Waals surface area contributed by atoms with Crippen LogP contribution in [0.1, 0.15) is 21.5 Å². The molecule has 0 saturated carbocycles. The number of allylic oxidation sites excluding steroid dienone is 1. The maximum atomic E-state index is 13.8. The lowest BCUT2D eigenvalue weighted by molar-refractivity contribution is 0.101. The van der Waals surface area contributed by atoms with Crippen molar-refractivity contribution in [3.63, 3.8) is 0 Å². The molecule has 5 nitrogen and oxygen atoms in total. The minimum Gasteiger partial charge on any atom is -0.497 e. The van der Waals surface area contributed by atoms with Gasteiger partial charge in [-0.1, -0.05) is 0 Å². The fraction of sp³-hybridized carbons (Fsp3) is 0.125. The molecule has 34 heavy (non-hydrogen) atoms. The summed E-state index contributed by atoms with van der Waals surface area (Å²) >= 11 is 0. The van der Waals surface area contributed by atoms with Crippen molar-refractivity contribution >= 4 is 11.9 Å². The first-order valence-corrected chi connectivity index (χ1v) is 9.68. The van der Waals surface area contributed by atoms with Gasteiger partial charge in [0, 0.05) is 17.7 Å². The Labute approximate surface area is 189 Å². The van der Waals surface area contributed by atoms with E-state index >= 15 is 0 Å². The number of hydrogen-bond donors (Lipinski definition) is 0. The summed E-state index contributed by atoms with van der Waals surface area (Å²) in [7, 11) is 2.95. The van der Waals surface area contributed by atoms with Crippen molar-refractivity contribution in [2.45, 2.75) is 6.61 Å². The molecule has 0 aromatic heterocycles. The van der Waals surface area contributed by atoms with Gasteiger partial charge in [-0.05, 0) is 30.3 Å². The monoisotopic (exact) mass is 478 g/mol. The Kier molecular flexibility index (Phi) is 6.14. The zero-order valence-electron chi connectivity index (χ0n) is 17.7. The normalized spacial score (nSPS) is 13.6. The van der Waals surface area contributed by atoms with Crippen LogP contribution in [0.15, 0.2) is 42.2 Å². The maximum Gasteiger partial charge on any atom is 0.231 e. The van der Waals surface area contributed by atoms with Gasteiger partial charge in [0.15, 0.2) is 29.0 Å². The number of carbonyl (C=O) groups excluding carboxylic acids is 1. The van der Waals surface area contributed by atoms with Crippen molar-refractivity contribution in [3.05, 3.63) is 87.9 Å². The number of ketones is 1. The molecular weight excluding hydrogens is 463 g/mol. The smallest absolute Gasteiger partial charge is 0.231 e. The first kappa shape index (κ1) is 23.1. The second kappa shape index (κ2) is 9.05. The number of fused-ring (bicyclic) bond motifs is 1. The van der Waals surface area contributed by atoms with Gasteiger partial charge >= 0.3 is 0 Å². The van der Waals surface area contributed by atoms with Crippen molar-refractivity contribution < 1.29 is 45.7 Å². The second-order valence-corrected chi connectivity index (χ2v) is 7.04. The Bertz CT molecular complexity index is 1310. The van der Waals surface area contributed by atoms with Crippen LogP contribution in [0.3, 0.4) is 0 Å². The molecule has 0 fully saturated rings. The molecule has 0 spiro atoms. The molecule has 3 aromatic rings. The van der Waals surface area contributed by atoms with Crippen LogP contribution in [0.2, 0.25) is 0 Å². The molecule has 0 bridgehead atoms. The number of ether oxygens (including phenoxy) is 4. The SMILES string of the molecule is COc1ccc(C=C2Oc3cc(OCc4c(F)c(F)c(F)c(F)c4F)ccc3C2=O)c(OC)c1. The predicted octanol–water partition coefficient (Wildman–Crippen LogP) is 5.59. The number of rotatable bonds is 6. The third kappa shape index (κ3) is 4.02. The number of hydrogen-bond acceptors (Lipinski definition) is 5. The van der Waals surface area contributed by atoms with Crippen LogP contribution in [-0.2, 0) is 6.61 Å². The van der Waals surface area contributed by atoms with Crippen molar-refractivity contribution in [3.8, 4) is 23.0 Å². The van der Waals surface area contributed by atoms with Crippen molar-refractivity contribution in [2.75, 3.05) is 14.2 Å². The Hall–Kier alpha value is -4.08. The molecule has 0 radical (unpaired) electrons. The molecular formula is C24H15F5O5. The number of benzene rings is 3. The molecule has 1 heterocycles. The summed E-state index contributed by atoms with van der Waals surface area (Å²) in [6.07, 6.45) is 1.47. The van der Waals surface area contributed by atoms with Gasteiger partial charge in [0.1, 0.15) is 29.6 Å². The molecule has 3 aromatic carbocycles. The molecule has 1 aliphatic heterocycles. The van der Waals surface area contributed by atoms with Crippen LogP contribution in [0.4, 0.5) is 22.0 Å². The third-order valence-corrected chi connectivity index (χ3v) is 5.05. The van der Waals surface area contributed by atoms with E-state index in [-0.39, 0.29) is 22.8 Å². The summed E-state index contributed by atoms with van der Waals surface area (Å²) < 4.78 is 88.9. The van der Waals surface area contributed by atoms with E-state index in [0.717, 1.165) is 0 Å². The Morgan fingerprint density at radius 3 is 2.12 bits per heavy atom. The molecule has 1 aliphatic rings. The lowest BCUT2D eigenvalue weighted by Gasteiger charge is -2.10. The molecule has 0 atom stereocenters. The lowest BCUT2D eigenvalue weighted by Crippen LogP contribution is -2.09. The van der Waals surface area contributed by atoms with Crippen LogP contribution in [0.25, 0.3) is 6.08 Å². The fourth-order valence-electron chi connectivity index (χ4n) is 3.27. The van der Waals surface area contributed by atoms with Gasteiger partial charge in [-0.15, -0.1) is 0 Å². The number of Topliss-reactive ketones (excluding diaryl/α,β-unsaturated/α-hetero) is 1. The van der Waals surface area contributed by atoms with Crippen LogP contribution in [0.5, 0.6) is 23.0 Å². The quantitative estimate of drug-likeness (QED) is 0.200. The Balaban J connectivity index is 1.57. The molecule has 10 heteroatoms. The van der Waals surface area contributed by atoms with Crippen molar-refractivity contribution in [1.82, 2.24) is 0 Å². The van der Waals surface area contributed by atoms with E-state index in [2.05, 4.69) is 0 Å². The molecule has 4 rings (SSSR count). The topological polar surface area (TPSA) is 54.0 Å². The number of methoxy groups -OCH3 is 2. The first-order chi connectivity index (χ1) is 16.2. The van der Waals surface area contributed by atoms with Gasteiger partial charge in [-0.3, -0.25) is 4.79 Å². The van der Waals surface area contributed by atoms with E-state index in [1.807, 2.05) is 0 Å². The van der Waals surface area contributed by atoms with Crippen LogP contribution < -0.4 is 18.9 Å². The molecule has 0 N–H and O–H groups in total. The standard InChI is InChI=1S/C24H15F5O5/c1-31-12-4-3-11(16(8-12)32-2)7-18-24(30)14-6-5-13(9-17(14)34-18)33-10-15-19(25)21(27)23(29)22(28)20(15)26/h3-9H,10H2,1-2H3. The summed E-state index contributed by atoms with van der Waals surface area (Å²) in [6, 6.07) is 8.91. The molecule has 176 valence electrons. The highest BCUT2D eigenvalue weighted by Gasteiger charge is 2.29. The third-order valence-electron chi connectivity index (χ3n) is 5.05. The first-order valence-electron chi connectivity index (χ1n) is 9.68.